The minimum atomic E-state index is -0.832. The maximum Gasteiger partial charge on any atom is 0.220 e. The van der Waals surface area contributed by atoms with E-state index in [0.717, 1.165) is 32.1 Å². The van der Waals surface area contributed by atoms with Gasteiger partial charge in [0.2, 0.25) is 5.91 Å². The lowest BCUT2D eigenvalue weighted by Crippen LogP contribution is -2.45. The molecule has 0 saturated carbocycles. The smallest absolute Gasteiger partial charge is 0.220 e. The van der Waals surface area contributed by atoms with Gasteiger partial charge in [-0.25, -0.2) is 0 Å². The van der Waals surface area contributed by atoms with Crippen LogP contribution in [-0.2, 0) is 4.79 Å². The topological polar surface area (TPSA) is 69.6 Å². The van der Waals surface area contributed by atoms with Crippen molar-refractivity contribution >= 4 is 5.91 Å². The second kappa shape index (κ2) is 40.0. The van der Waals surface area contributed by atoms with E-state index in [4.69, 9.17) is 0 Å². The highest BCUT2D eigenvalue weighted by Gasteiger charge is 2.17. The van der Waals surface area contributed by atoms with Gasteiger partial charge in [-0.15, -0.1) is 0 Å². The molecule has 0 spiro atoms. The minimum absolute atomic E-state index is 0.0700. The molecular weight excluding hydrogens is 590 g/mol. The van der Waals surface area contributed by atoms with Crippen LogP contribution in [0.4, 0.5) is 0 Å². The van der Waals surface area contributed by atoms with Gasteiger partial charge >= 0.3 is 0 Å². The van der Waals surface area contributed by atoms with Crippen LogP contribution in [0.15, 0.2) is 36.5 Å². The summed E-state index contributed by atoms with van der Waals surface area (Å²) in [4.78, 5) is 12.2. The molecule has 0 aliphatic heterocycles. The largest absolute Gasteiger partial charge is 0.394 e. The molecule has 0 rings (SSSR count). The first kappa shape index (κ1) is 46.6. The Morgan fingerprint density at radius 2 is 0.854 bits per heavy atom. The van der Waals surface area contributed by atoms with Gasteiger partial charge in [-0.2, -0.15) is 0 Å². The van der Waals surface area contributed by atoms with E-state index in [0.29, 0.717) is 6.42 Å². The van der Waals surface area contributed by atoms with Crippen molar-refractivity contribution in [1.29, 1.82) is 0 Å². The third-order valence-electron chi connectivity index (χ3n) is 9.62. The van der Waals surface area contributed by atoms with Crippen molar-refractivity contribution < 1.29 is 15.0 Å². The van der Waals surface area contributed by atoms with E-state index in [1.807, 2.05) is 6.08 Å². The Labute approximate surface area is 300 Å². The summed E-state index contributed by atoms with van der Waals surface area (Å²) in [6, 6.07) is -0.615. The lowest BCUT2D eigenvalue weighted by molar-refractivity contribution is -0.123. The van der Waals surface area contributed by atoms with Crippen LogP contribution >= 0.6 is 0 Å². The normalized spacial score (nSPS) is 13.3. The van der Waals surface area contributed by atoms with Crippen molar-refractivity contribution in [3.63, 3.8) is 0 Å². The molecule has 0 aromatic carbocycles. The van der Waals surface area contributed by atoms with Gasteiger partial charge in [0.15, 0.2) is 0 Å². The van der Waals surface area contributed by atoms with Crippen molar-refractivity contribution in [3.8, 4) is 0 Å². The van der Waals surface area contributed by atoms with Gasteiger partial charge in [0.25, 0.3) is 0 Å². The molecule has 2 unspecified atom stereocenters. The van der Waals surface area contributed by atoms with Crippen molar-refractivity contribution in [2.75, 3.05) is 6.61 Å². The van der Waals surface area contributed by atoms with E-state index in [-0.39, 0.29) is 12.5 Å². The van der Waals surface area contributed by atoms with E-state index >= 15 is 0 Å². The number of nitrogens with one attached hydrogen (secondary N) is 1. The summed E-state index contributed by atoms with van der Waals surface area (Å²) >= 11 is 0. The zero-order valence-corrected chi connectivity index (χ0v) is 32.3. The van der Waals surface area contributed by atoms with Gasteiger partial charge in [0.05, 0.1) is 18.8 Å². The number of aliphatic hydroxyl groups is 2. The molecule has 0 radical (unpaired) electrons. The zero-order chi connectivity index (χ0) is 35.0. The maximum absolute atomic E-state index is 12.2. The van der Waals surface area contributed by atoms with Crippen LogP contribution in [-0.4, -0.2) is 34.9 Å². The summed E-state index contributed by atoms with van der Waals surface area (Å²) in [6.07, 6.45) is 53.0. The quantitative estimate of drug-likeness (QED) is 0.0451. The first-order chi connectivity index (χ1) is 23.7. The number of unbranched alkanes of at least 4 members (excludes halogenated alkanes) is 27. The fourth-order valence-corrected chi connectivity index (χ4v) is 6.33. The molecule has 0 aromatic heterocycles. The van der Waals surface area contributed by atoms with E-state index in [1.54, 1.807) is 6.08 Å². The van der Waals surface area contributed by atoms with Crippen molar-refractivity contribution in [3.05, 3.63) is 36.5 Å². The summed E-state index contributed by atoms with van der Waals surface area (Å²) in [6.45, 7) is 4.20. The average molecular weight is 674 g/mol. The molecule has 282 valence electrons. The van der Waals surface area contributed by atoms with Crippen LogP contribution in [0.3, 0.4) is 0 Å². The summed E-state index contributed by atoms with van der Waals surface area (Å²) in [5, 5.41) is 22.6. The third-order valence-corrected chi connectivity index (χ3v) is 9.62. The summed E-state index contributed by atoms with van der Waals surface area (Å²) in [5.41, 5.74) is 0. The molecule has 4 nitrogen and oxygen atoms in total. The number of allylic oxidation sites excluding steroid dienone is 5. The number of hydrogen-bond acceptors (Lipinski definition) is 3. The van der Waals surface area contributed by atoms with Crippen LogP contribution in [0.25, 0.3) is 0 Å². The molecule has 2 atom stereocenters. The third kappa shape index (κ3) is 35.9. The molecule has 4 heteroatoms. The summed E-state index contributed by atoms with van der Waals surface area (Å²) in [7, 11) is 0. The summed E-state index contributed by atoms with van der Waals surface area (Å²) in [5.74, 6) is -0.0700. The number of amides is 1. The first-order valence-electron chi connectivity index (χ1n) is 21.2. The molecule has 0 fully saturated rings. The zero-order valence-electron chi connectivity index (χ0n) is 32.3. The molecule has 0 saturated heterocycles. The van der Waals surface area contributed by atoms with Crippen molar-refractivity contribution in [2.24, 2.45) is 0 Å². The monoisotopic (exact) mass is 674 g/mol. The van der Waals surface area contributed by atoms with E-state index < -0.39 is 12.1 Å². The van der Waals surface area contributed by atoms with Crippen molar-refractivity contribution in [2.45, 2.75) is 231 Å². The van der Waals surface area contributed by atoms with Crippen LogP contribution in [0.5, 0.6) is 0 Å². The second-order valence-electron chi connectivity index (χ2n) is 14.4. The predicted molar refractivity (Wildman–Crippen MR) is 212 cm³/mol. The molecule has 0 aromatic rings. The van der Waals surface area contributed by atoms with Crippen molar-refractivity contribution in [1.82, 2.24) is 5.32 Å². The van der Waals surface area contributed by atoms with Gasteiger partial charge in [-0.1, -0.05) is 198 Å². The Morgan fingerprint density at radius 3 is 1.29 bits per heavy atom. The summed E-state index contributed by atoms with van der Waals surface area (Å²) < 4.78 is 0. The first-order valence-corrected chi connectivity index (χ1v) is 21.2. The van der Waals surface area contributed by atoms with E-state index in [1.165, 1.54) is 167 Å². The molecular formula is C44H83NO3. The van der Waals surface area contributed by atoms with E-state index in [9.17, 15) is 15.0 Å². The number of carbonyl (C=O) groups excluding carboxylic acids is 1. The molecule has 48 heavy (non-hydrogen) atoms. The van der Waals surface area contributed by atoms with Gasteiger partial charge in [-0.3, -0.25) is 4.79 Å². The SMILES string of the molecule is CCCCC/C=C/C(O)C(CO)NC(=O)CCCCCCCCCCCCCCCCCCCCC/C=C\C/C=C\CCCCCCC. The number of aliphatic hydroxyl groups excluding tert-OH is 2. The highest BCUT2D eigenvalue weighted by Crippen LogP contribution is 2.15. The van der Waals surface area contributed by atoms with Gasteiger partial charge in [0, 0.05) is 6.42 Å². The van der Waals surface area contributed by atoms with Crippen LogP contribution in [0, 0.1) is 0 Å². The number of rotatable bonds is 38. The Hall–Kier alpha value is -1.39. The van der Waals surface area contributed by atoms with Crippen LogP contribution < -0.4 is 5.32 Å². The molecule has 0 aliphatic carbocycles. The average Bonchev–Trinajstić information content (AvgIpc) is 3.09. The Bertz CT molecular complexity index is 731. The maximum atomic E-state index is 12.2. The Kier molecular flexibility index (Phi) is 38.9. The highest BCUT2D eigenvalue weighted by molar-refractivity contribution is 5.76. The van der Waals surface area contributed by atoms with Crippen LogP contribution in [0.1, 0.15) is 219 Å². The molecule has 0 heterocycles. The molecule has 3 N–H and O–H groups in total. The fourth-order valence-electron chi connectivity index (χ4n) is 6.33. The van der Waals surface area contributed by atoms with E-state index in [2.05, 4.69) is 43.5 Å². The Morgan fingerprint density at radius 1 is 0.500 bits per heavy atom. The lowest BCUT2D eigenvalue weighted by atomic mass is 10.0. The molecule has 1 amide bonds. The second-order valence-corrected chi connectivity index (χ2v) is 14.4. The fraction of sp³-hybridized carbons (Fsp3) is 0.841. The Balaban J connectivity index is 3.36. The van der Waals surface area contributed by atoms with Gasteiger partial charge in [0.1, 0.15) is 0 Å². The van der Waals surface area contributed by atoms with Gasteiger partial charge < -0.3 is 15.5 Å². The van der Waals surface area contributed by atoms with Gasteiger partial charge in [-0.05, 0) is 51.4 Å². The minimum Gasteiger partial charge on any atom is -0.394 e. The molecule has 0 bridgehead atoms. The lowest BCUT2D eigenvalue weighted by Gasteiger charge is -2.20. The molecule has 0 aliphatic rings. The number of carbonyl (C=O) groups is 1. The number of hydrogen-bond donors (Lipinski definition) is 3. The standard InChI is InChI=1S/C44H83NO3/c1-3-5-7-9-10-11-12-13-14-15-16-17-18-19-20-21-22-23-24-25-26-27-28-29-30-31-32-33-34-36-38-40-44(48)45-42(41-46)43(47)39-37-35-8-6-4-2/h12-13,15-16,37,39,42-43,46-47H,3-11,14,17-36,38,40-41H2,1-2H3,(H,45,48)/b13-12-,16-15-,39-37+. The highest BCUT2D eigenvalue weighted by atomic mass is 16.3. The van der Waals surface area contributed by atoms with Crippen LogP contribution in [0.2, 0.25) is 0 Å². The predicted octanol–water partition coefficient (Wildman–Crippen LogP) is 13.0.